The average molecular weight is 303 g/mol. The molecule has 0 atom stereocenters. The number of hydrogen-bond donors (Lipinski definition) is 4. The predicted octanol–water partition coefficient (Wildman–Crippen LogP) is 1.80. The maximum Gasteiger partial charge on any atom is 0.311 e. The van der Waals surface area contributed by atoms with Gasteiger partial charge in [-0.15, -0.1) is 0 Å². The summed E-state index contributed by atoms with van der Waals surface area (Å²) in [4.78, 5) is 14.9. The number of esters is 1. The number of nitrogens with zero attached hydrogens (tertiary/aromatic N) is 1. The summed E-state index contributed by atoms with van der Waals surface area (Å²) in [6.45, 7) is 1.88. The minimum Gasteiger partial charge on any atom is -0.422 e. The predicted molar refractivity (Wildman–Crippen MR) is 88.9 cm³/mol. The number of nitrogens with two attached hydrogens (primary N) is 4. The van der Waals surface area contributed by atoms with Gasteiger partial charge in [-0.05, 0) is 18.6 Å². The van der Waals surface area contributed by atoms with Gasteiger partial charge in [0.25, 0.3) is 0 Å². The zero-order chi connectivity index (χ0) is 16.5. The molecular weight excluding hydrogens is 282 g/mol. The highest BCUT2D eigenvalue weighted by Crippen LogP contribution is 2.26. The number of ether oxygens (including phenoxy) is 1. The number of aromatic nitrogens is 1. The van der Waals surface area contributed by atoms with Crippen LogP contribution >= 0.6 is 0 Å². The number of para-hydroxylation sites is 1. The molecule has 0 saturated heterocycles. The van der Waals surface area contributed by atoms with E-state index in [1.165, 1.54) is 6.07 Å². The lowest BCUT2D eigenvalue weighted by Gasteiger charge is -2.08. The van der Waals surface area contributed by atoms with E-state index in [0.29, 0.717) is 12.8 Å². The summed E-state index contributed by atoms with van der Waals surface area (Å²) < 4.78 is 4.96. The highest BCUT2D eigenvalue weighted by molar-refractivity contribution is 5.76. The minimum absolute atomic E-state index is 0.0613. The van der Waals surface area contributed by atoms with Crippen LogP contribution in [0.25, 0.3) is 0 Å². The van der Waals surface area contributed by atoms with Crippen molar-refractivity contribution in [2.75, 3.05) is 22.9 Å². The second-order valence-corrected chi connectivity index (χ2v) is 4.48. The number of carbonyl (C=O) groups is 1. The average Bonchev–Trinajstić information content (AvgIpc) is 2.46. The Morgan fingerprint density at radius 1 is 1.09 bits per heavy atom. The van der Waals surface area contributed by atoms with Gasteiger partial charge in [0, 0.05) is 18.2 Å². The number of anilines is 4. The molecule has 0 fully saturated rings. The fraction of sp³-hybridized carbons (Fsp3) is 0.200. The summed E-state index contributed by atoms with van der Waals surface area (Å²) >= 11 is 0. The molecule has 0 amide bonds. The molecule has 1 heterocycles. The van der Waals surface area contributed by atoms with Crippen LogP contribution in [-0.2, 0) is 4.79 Å². The quantitative estimate of drug-likeness (QED) is 0.500. The van der Waals surface area contributed by atoms with Gasteiger partial charge in [0.2, 0.25) is 0 Å². The highest BCUT2D eigenvalue weighted by atomic mass is 16.5. The van der Waals surface area contributed by atoms with E-state index in [-0.39, 0.29) is 29.0 Å². The summed E-state index contributed by atoms with van der Waals surface area (Å²) in [6, 6.07) is 10.9. The molecule has 1 aromatic heterocycles. The van der Waals surface area contributed by atoms with Gasteiger partial charge in [0.15, 0.2) is 11.6 Å². The second-order valence-electron chi connectivity index (χ2n) is 4.48. The molecule has 1 aromatic carbocycles. The van der Waals surface area contributed by atoms with Gasteiger partial charge >= 0.3 is 5.97 Å². The standard InChI is InChI=1S/C9H14N4O2.C6H7N/c1-2-3-7(14)15-6-4-5(10)8(11)13-9(6)12;7-6-4-2-1-3-5-6/h4H,2-3,10H2,1H3,(H4,11,12,13);1-5H,7H2. The van der Waals surface area contributed by atoms with E-state index in [1.54, 1.807) is 0 Å². The lowest BCUT2D eigenvalue weighted by Crippen LogP contribution is -2.10. The molecule has 0 unspecified atom stereocenters. The fourth-order valence-corrected chi connectivity index (χ4v) is 1.45. The van der Waals surface area contributed by atoms with Gasteiger partial charge < -0.3 is 27.7 Å². The Kier molecular flexibility index (Phi) is 6.49. The molecule has 7 nitrogen and oxygen atoms in total. The summed E-state index contributed by atoms with van der Waals surface area (Å²) in [5, 5.41) is 0. The Morgan fingerprint density at radius 2 is 1.73 bits per heavy atom. The van der Waals surface area contributed by atoms with E-state index in [0.717, 1.165) is 5.69 Å². The van der Waals surface area contributed by atoms with Crippen LogP contribution < -0.4 is 27.7 Å². The van der Waals surface area contributed by atoms with Crippen molar-refractivity contribution in [1.82, 2.24) is 4.98 Å². The van der Waals surface area contributed by atoms with Gasteiger partial charge in [-0.25, -0.2) is 4.98 Å². The molecule has 118 valence electrons. The van der Waals surface area contributed by atoms with Crippen LogP contribution in [-0.4, -0.2) is 11.0 Å². The number of carbonyl (C=O) groups excluding carboxylic acids is 1. The van der Waals surface area contributed by atoms with E-state index in [2.05, 4.69) is 4.98 Å². The number of nitrogen functional groups attached to an aromatic ring is 4. The third-order valence-electron chi connectivity index (χ3n) is 2.55. The van der Waals surface area contributed by atoms with Gasteiger partial charge in [0.1, 0.15) is 5.82 Å². The van der Waals surface area contributed by atoms with Crippen LogP contribution in [0, 0.1) is 0 Å². The van der Waals surface area contributed by atoms with Crippen molar-refractivity contribution >= 4 is 29.0 Å². The first-order chi connectivity index (χ1) is 10.4. The van der Waals surface area contributed by atoms with Crippen LogP contribution in [0.15, 0.2) is 36.4 Å². The van der Waals surface area contributed by atoms with Crippen molar-refractivity contribution < 1.29 is 9.53 Å². The Hall–Kier alpha value is -2.96. The third kappa shape index (κ3) is 5.58. The van der Waals surface area contributed by atoms with Gasteiger partial charge in [-0.2, -0.15) is 0 Å². The number of pyridine rings is 1. The largest absolute Gasteiger partial charge is 0.422 e. The normalized spacial score (nSPS) is 9.50. The number of benzene rings is 1. The Balaban J connectivity index is 0.000000287. The Morgan fingerprint density at radius 3 is 2.23 bits per heavy atom. The molecule has 22 heavy (non-hydrogen) atoms. The van der Waals surface area contributed by atoms with Crippen LogP contribution in [0.3, 0.4) is 0 Å². The molecule has 0 spiro atoms. The first kappa shape index (κ1) is 17.1. The second kappa shape index (κ2) is 8.35. The lowest BCUT2D eigenvalue weighted by atomic mass is 10.3. The van der Waals surface area contributed by atoms with Gasteiger partial charge in [-0.1, -0.05) is 25.1 Å². The molecule has 0 bridgehead atoms. The molecule has 0 aliphatic rings. The van der Waals surface area contributed by atoms with Gasteiger partial charge in [0.05, 0.1) is 5.69 Å². The molecule has 0 radical (unpaired) electrons. The first-order valence-electron chi connectivity index (χ1n) is 6.76. The monoisotopic (exact) mass is 303 g/mol. The van der Waals surface area contributed by atoms with Crippen LogP contribution in [0.4, 0.5) is 23.0 Å². The number of rotatable bonds is 3. The van der Waals surface area contributed by atoms with Crippen LogP contribution in [0.5, 0.6) is 5.75 Å². The molecule has 0 saturated carbocycles. The molecule has 2 rings (SSSR count). The third-order valence-corrected chi connectivity index (χ3v) is 2.55. The zero-order valence-corrected chi connectivity index (χ0v) is 12.5. The summed E-state index contributed by atoms with van der Waals surface area (Å²) in [5.74, 6) is -0.0238. The Labute approximate surface area is 129 Å². The summed E-state index contributed by atoms with van der Waals surface area (Å²) in [7, 11) is 0. The van der Waals surface area contributed by atoms with Gasteiger partial charge in [-0.3, -0.25) is 4.79 Å². The van der Waals surface area contributed by atoms with Crippen LogP contribution in [0.2, 0.25) is 0 Å². The SMILES string of the molecule is CCCC(=O)Oc1cc(N)c(N)nc1N.Nc1ccccc1. The van der Waals surface area contributed by atoms with Crippen molar-refractivity contribution in [1.29, 1.82) is 0 Å². The molecule has 0 aliphatic carbocycles. The maximum atomic E-state index is 11.2. The Bertz CT molecular complexity index is 617. The smallest absolute Gasteiger partial charge is 0.311 e. The number of hydrogen-bond acceptors (Lipinski definition) is 7. The molecular formula is C15H21N5O2. The van der Waals surface area contributed by atoms with Crippen molar-refractivity contribution in [3.63, 3.8) is 0 Å². The summed E-state index contributed by atoms with van der Waals surface area (Å²) in [6.07, 6.45) is 1.03. The summed E-state index contributed by atoms with van der Waals surface area (Å²) in [5.41, 5.74) is 22.9. The molecule has 0 aliphatic heterocycles. The van der Waals surface area contributed by atoms with Crippen molar-refractivity contribution in [3.8, 4) is 5.75 Å². The van der Waals surface area contributed by atoms with Crippen LogP contribution in [0.1, 0.15) is 19.8 Å². The van der Waals surface area contributed by atoms with E-state index >= 15 is 0 Å². The van der Waals surface area contributed by atoms with E-state index in [9.17, 15) is 4.79 Å². The van der Waals surface area contributed by atoms with Crippen molar-refractivity contribution in [2.24, 2.45) is 0 Å². The molecule has 8 N–H and O–H groups in total. The van der Waals surface area contributed by atoms with E-state index in [4.69, 9.17) is 27.7 Å². The van der Waals surface area contributed by atoms with Crippen molar-refractivity contribution in [2.45, 2.75) is 19.8 Å². The van der Waals surface area contributed by atoms with E-state index in [1.807, 2.05) is 37.3 Å². The first-order valence-corrected chi connectivity index (χ1v) is 6.76. The van der Waals surface area contributed by atoms with Crippen molar-refractivity contribution in [3.05, 3.63) is 36.4 Å². The topological polar surface area (TPSA) is 143 Å². The molecule has 2 aromatic rings. The highest BCUT2D eigenvalue weighted by Gasteiger charge is 2.10. The van der Waals surface area contributed by atoms with E-state index < -0.39 is 0 Å². The zero-order valence-electron chi connectivity index (χ0n) is 12.5. The molecule has 7 heteroatoms. The minimum atomic E-state index is -0.366. The maximum absolute atomic E-state index is 11.2. The fourth-order valence-electron chi connectivity index (χ4n) is 1.45. The lowest BCUT2D eigenvalue weighted by molar-refractivity contribution is -0.134.